The van der Waals surface area contributed by atoms with E-state index >= 15 is 0 Å². The summed E-state index contributed by atoms with van der Waals surface area (Å²) in [6.07, 6.45) is 3.26. The Morgan fingerprint density at radius 3 is 2.16 bits per heavy atom. The number of hydrogen-bond donors (Lipinski definition) is 3. The van der Waals surface area contributed by atoms with E-state index < -0.39 is 5.60 Å². The van der Waals surface area contributed by atoms with Gasteiger partial charge in [0.15, 0.2) is 0 Å². The molecule has 0 aliphatic heterocycles. The SMILES string of the molecule is CC(C)(C)OC(=O)NC1CCC(NCC(N)=O)CC1. The number of hydrogen-bond acceptors (Lipinski definition) is 4. The first-order valence-corrected chi connectivity index (χ1v) is 6.77. The van der Waals surface area contributed by atoms with Gasteiger partial charge in [-0.1, -0.05) is 0 Å². The molecular weight excluding hydrogens is 246 g/mol. The third-order valence-electron chi connectivity index (χ3n) is 3.01. The van der Waals surface area contributed by atoms with Crippen LogP contribution in [0.5, 0.6) is 0 Å². The van der Waals surface area contributed by atoms with E-state index in [2.05, 4.69) is 10.6 Å². The Balaban J connectivity index is 2.23. The van der Waals surface area contributed by atoms with Crippen molar-refractivity contribution < 1.29 is 14.3 Å². The molecule has 2 amide bonds. The molecular formula is C13H25N3O3. The lowest BCUT2D eigenvalue weighted by Gasteiger charge is -2.30. The van der Waals surface area contributed by atoms with Crippen LogP contribution in [0.15, 0.2) is 0 Å². The minimum Gasteiger partial charge on any atom is -0.444 e. The van der Waals surface area contributed by atoms with Crippen LogP contribution in [0, 0.1) is 0 Å². The molecule has 0 aromatic heterocycles. The van der Waals surface area contributed by atoms with Crippen molar-refractivity contribution >= 4 is 12.0 Å². The van der Waals surface area contributed by atoms with E-state index in [-0.39, 0.29) is 24.6 Å². The normalized spacial score (nSPS) is 23.7. The molecule has 1 fully saturated rings. The van der Waals surface area contributed by atoms with Gasteiger partial charge in [0.2, 0.25) is 5.91 Å². The van der Waals surface area contributed by atoms with Crippen molar-refractivity contribution in [2.45, 2.75) is 64.1 Å². The van der Waals surface area contributed by atoms with Gasteiger partial charge in [0.05, 0.1) is 6.54 Å². The average molecular weight is 271 g/mol. The monoisotopic (exact) mass is 271 g/mol. The van der Waals surface area contributed by atoms with Crippen molar-refractivity contribution in [3.05, 3.63) is 0 Å². The molecule has 0 saturated heterocycles. The number of carbonyl (C=O) groups is 2. The Labute approximate surface area is 114 Å². The van der Waals surface area contributed by atoms with Crippen LogP contribution in [-0.2, 0) is 9.53 Å². The zero-order chi connectivity index (χ0) is 14.5. The van der Waals surface area contributed by atoms with Crippen molar-refractivity contribution in [2.75, 3.05) is 6.54 Å². The van der Waals surface area contributed by atoms with Crippen LogP contribution in [0.3, 0.4) is 0 Å². The first-order valence-electron chi connectivity index (χ1n) is 6.77. The molecule has 0 aromatic rings. The summed E-state index contributed by atoms with van der Waals surface area (Å²) in [7, 11) is 0. The molecule has 19 heavy (non-hydrogen) atoms. The molecule has 1 rings (SSSR count). The van der Waals surface area contributed by atoms with Crippen molar-refractivity contribution in [3.8, 4) is 0 Å². The van der Waals surface area contributed by atoms with Crippen molar-refractivity contribution in [3.63, 3.8) is 0 Å². The Morgan fingerprint density at radius 2 is 1.68 bits per heavy atom. The van der Waals surface area contributed by atoms with Crippen LogP contribution >= 0.6 is 0 Å². The third kappa shape index (κ3) is 7.00. The summed E-state index contributed by atoms with van der Waals surface area (Å²) in [6.45, 7) is 5.75. The fourth-order valence-electron chi connectivity index (χ4n) is 2.16. The molecule has 110 valence electrons. The highest BCUT2D eigenvalue weighted by molar-refractivity contribution is 5.75. The van der Waals surface area contributed by atoms with Gasteiger partial charge in [-0.05, 0) is 46.5 Å². The van der Waals surface area contributed by atoms with E-state index in [4.69, 9.17) is 10.5 Å². The average Bonchev–Trinajstić information content (AvgIpc) is 2.25. The van der Waals surface area contributed by atoms with E-state index in [1.807, 2.05) is 20.8 Å². The van der Waals surface area contributed by atoms with Crippen LogP contribution < -0.4 is 16.4 Å². The maximum atomic E-state index is 11.6. The molecule has 0 radical (unpaired) electrons. The standard InChI is InChI=1S/C13H25N3O3/c1-13(2,3)19-12(18)16-10-6-4-9(5-7-10)15-8-11(14)17/h9-10,15H,4-8H2,1-3H3,(H2,14,17)(H,16,18). The maximum Gasteiger partial charge on any atom is 0.407 e. The number of carbonyl (C=O) groups excluding carboxylic acids is 2. The molecule has 6 heteroatoms. The van der Waals surface area contributed by atoms with Crippen molar-refractivity contribution in [1.29, 1.82) is 0 Å². The molecule has 0 aromatic carbocycles. The van der Waals surface area contributed by atoms with Crippen LogP contribution in [-0.4, -0.2) is 36.2 Å². The summed E-state index contributed by atoms with van der Waals surface area (Å²) >= 11 is 0. The molecule has 0 bridgehead atoms. The highest BCUT2D eigenvalue weighted by Crippen LogP contribution is 2.19. The molecule has 4 N–H and O–H groups in total. The summed E-state index contributed by atoms with van der Waals surface area (Å²) in [5.74, 6) is -0.339. The van der Waals surface area contributed by atoms with E-state index in [0.29, 0.717) is 6.04 Å². The molecule has 0 atom stereocenters. The fraction of sp³-hybridized carbons (Fsp3) is 0.846. The second-order valence-corrected chi connectivity index (χ2v) is 6.04. The largest absolute Gasteiger partial charge is 0.444 e. The quantitative estimate of drug-likeness (QED) is 0.708. The van der Waals surface area contributed by atoms with Gasteiger partial charge in [0, 0.05) is 12.1 Å². The number of rotatable bonds is 4. The predicted octanol–water partition coefficient (Wildman–Crippen LogP) is 0.897. The Hall–Kier alpha value is -1.30. The number of amides is 2. The van der Waals surface area contributed by atoms with Crippen molar-refractivity contribution in [2.24, 2.45) is 5.73 Å². The lowest BCUT2D eigenvalue weighted by Crippen LogP contribution is -2.45. The lowest BCUT2D eigenvalue weighted by molar-refractivity contribution is -0.117. The zero-order valence-corrected chi connectivity index (χ0v) is 12.0. The predicted molar refractivity (Wildman–Crippen MR) is 72.6 cm³/mol. The number of nitrogens with two attached hydrogens (primary N) is 1. The summed E-state index contributed by atoms with van der Waals surface area (Å²) in [5, 5.41) is 5.99. The van der Waals surface area contributed by atoms with Crippen molar-refractivity contribution in [1.82, 2.24) is 10.6 Å². The lowest BCUT2D eigenvalue weighted by atomic mass is 9.91. The topological polar surface area (TPSA) is 93.4 Å². The van der Waals surface area contributed by atoms with E-state index in [1.54, 1.807) is 0 Å². The van der Waals surface area contributed by atoms with Gasteiger partial charge >= 0.3 is 6.09 Å². The maximum absolute atomic E-state index is 11.6. The molecule has 1 aliphatic carbocycles. The first kappa shape index (κ1) is 15.8. The van der Waals surface area contributed by atoms with Gasteiger partial charge in [-0.15, -0.1) is 0 Å². The number of alkyl carbamates (subject to hydrolysis) is 1. The summed E-state index contributed by atoms with van der Waals surface area (Å²) in [5.41, 5.74) is 4.62. The first-order chi connectivity index (χ1) is 8.76. The Bertz CT molecular complexity index is 318. The summed E-state index contributed by atoms with van der Waals surface area (Å²) in [4.78, 5) is 22.3. The Kier molecular flexibility index (Phi) is 5.60. The van der Waals surface area contributed by atoms with Crippen LogP contribution in [0.4, 0.5) is 4.79 Å². The molecule has 1 aliphatic rings. The summed E-state index contributed by atoms with van der Waals surface area (Å²) in [6, 6.07) is 0.464. The summed E-state index contributed by atoms with van der Waals surface area (Å²) < 4.78 is 5.22. The second kappa shape index (κ2) is 6.75. The van der Waals surface area contributed by atoms with Crippen LogP contribution in [0.25, 0.3) is 0 Å². The molecule has 0 heterocycles. The van der Waals surface area contributed by atoms with Gasteiger partial charge in [0.1, 0.15) is 5.60 Å². The smallest absolute Gasteiger partial charge is 0.407 e. The Morgan fingerprint density at radius 1 is 1.16 bits per heavy atom. The fourth-order valence-corrected chi connectivity index (χ4v) is 2.16. The van der Waals surface area contributed by atoms with Crippen LogP contribution in [0.2, 0.25) is 0 Å². The molecule has 0 spiro atoms. The van der Waals surface area contributed by atoms with Gasteiger partial charge in [-0.25, -0.2) is 4.79 Å². The second-order valence-electron chi connectivity index (χ2n) is 6.04. The van der Waals surface area contributed by atoms with E-state index in [9.17, 15) is 9.59 Å². The number of primary amides is 1. The number of nitrogens with one attached hydrogen (secondary N) is 2. The highest BCUT2D eigenvalue weighted by atomic mass is 16.6. The van der Waals surface area contributed by atoms with Gasteiger partial charge in [-0.2, -0.15) is 0 Å². The van der Waals surface area contributed by atoms with E-state index in [0.717, 1.165) is 25.7 Å². The van der Waals surface area contributed by atoms with Gasteiger partial charge in [-0.3, -0.25) is 4.79 Å². The van der Waals surface area contributed by atoms with Crippen LogP contribution in [0.1, 0.15) is 46.5 Å². The van der Waals surface area contributed by atoms with E-state index in [1.165, 1.54) is 0 Å². The molecule has 0 unspecified atom stereocenters. The highest BCUT2D eigenvalue weighted by Gasteiger charge is 2.24. The number of ether oxygens (including phenoxy) is 1. The third-order valence-corrected chi connectivity index (χ3v) is 3.01. The van der Waals surface area contributed by atoms with Gasteiger partial charge < -0.3 is 21.1 Å². The molecule has 1 saturated carbocycles. The minimum absolute atomic E-state index is 0.154. The minimum atomic E-state index is -0.468. The van der Waals surface area contributed by atoms with Gasteiger partial charge in [0.25, 0.3) is 0 Å². The zero-order valence-electron chi connectivity index (χ0n) is 12.0. The molecule has 6 nitrogen and oxygen atoms in total.